The van der Waals surface area contributed by atoms with E-state index in [0.717, 1.165) is 44.9 Å². The molecule has 0 radical (unpaired) electrons. The van der Waals surface area contributed by atoms with E-state index in [1.165, 1.54) is 83.5 Å². The van der Waals surface area contributed by atoms with Gasteiger partial charge in [-0.25, -0.2) is 0 Å². The molecule has 0 saturated carbocycles. The SMILES string of the molecule is CCCCC/C=C\C/C=C\C/C=C\C/C=C\CCCC(=O)N[C@@H](COP(=O)([O-])OCC[N+](C)(C)C)[C@H](O)/C=C/CCCCCCCCCCCCC. The summed E-state index contributed by atoms with van der Waals surface area (Å²) < 4.78 is 23.1. The van der Waals surface area contributed by atoms with Gasteiger partial charge in [0.15, 0.2) is 0 Å². The number of hydrogen-bond donors (Lipinski definition) is 2. The van der Waals surface area contributed by atoms with Crippen LogP contribution in [0.3, 0.4) is 0 Å². The number of nitrogens with zero attached hydrogens (tertiary/aromatic N) is 1. The molecule has 0 aliphatic rings. The lowest BCUT2D eigenvalue weighted by Crippen LogP contribution is -2.45. The Bertz CT molecular complexity index is 1030. The first-order valence-corrected chi connectivity index (χ1v) is 22.1. The first-order chi connectivity index (χ1) is 25.0. The number of amides is 1. The molecule has 0 heterocycles. The van der Waals surface area contributed by atoms with Gasteiger partial charge in [0.2, 0.25) is 5.91 Å². The van der Waals surface area contributed by atoms with Gasteiger partial charge in [-0.1, -0.05) is 152 Å². The highest BCUT2D eigenvalue weighted by atomic mass is 31.2. The molecule has 3 atom stereocenters. The van der Waals surface area contributed by atoms with Crippen molar-refractivity contribution in [3.05, 3.63) is 60.8 Å². The minimum atomic E-state index is -4.60. The molecule has 1 amide bonds. The number of nitrogens with one attached hydrogen (secondary N) is 1. The van der Waals surface area contributed by atoms with E-state index in [-0.39, 0.29) is 18.9 Å². The molecule has 52 heavy (non-hydrogen) atoms. The summed E-state index contributed by atoms with van der Waals surface area (Å²) in [4.78, 5) is 25.2. The topological polar surface area (TPSA) is 108 Å². The van der Waals surface area contributed by atoms with Crippen LogP contribution in [0.25, 0.3) is 0 Å². The maximum Gasteiger partial charge on any atom is 0.268 e. The van der Waals surface area contributed by atoms with E-state index in [2.05, 4.69) is 67.8 Å². The number of phosphoric acid groups is 1. The summed E-state index contributed by atoms with van der Waals surface area (Å²) in [5.41, 5.74) is 0. The third-order valence-electron chi connectivity index (χ3n) is 8.72. The fourth-order valence-electron chi connectivity index (χ4n) is 5.38. The van der Waals surface area contributed by atoms with Crippen molar-refractivity contribution < 1.29 is 32.9 Å². The molecule has 2 N–H and O–H groups in total. The number of hydrogen-bond acceptors (Lipinski definition) is 6. The number of rotatable bonds is 36. The molecule has 0 aliphatic heterocycles. The largest absolute Gasteiger partial charge is 0.756 e. The van der Waals surface area contributed by atoms with Crippen LogP contribution >= 0.6 is 7.82 Å². The number of aliphatic hydroxyl groups is 1. The number of unbranched alkanes of at least 4 members (excludes halogenated alkanes) is 15. The number of quaternary nitrogens is 1. The van der Waals surface area contributed by atoms with Gasteiger partial charge in [-0.15, -0.1) is 0 Å². The summed E-state index contributed by atoms with van der Waals surface area (Å²) >= 11 is 0. The summed E-state index contributed by atoms with van der Waals surface area (Å²) in [7, 11) is 1.22. The van der Waals surface area contributed by atoms with Gasteiger partial charge in [0.1, 0.15) is 13.2 Å². The maximum absolute atomic E-state index is 12.8. The molecular formula is C43H79N2O6P. The lowest BCUT2D eigenvalue weighted by atomic mass is 10.0. The predicted molar refractivity (Wildman–Crippen MR) is 219 cm³/mol. The fourth-order valence-corrected chi connectivity index (χ4v) is 6.10. The first kappa shape index (κ1) is 50.2. The van der Waals surface area contributed by atoms with Crippen molar-refractivity contribution in [2.24, 2.45) is 0 Å². The molecule has 0 saturated heterocycles. The average Bonchev–Trinajstić information content (AvgIpc) is 3.09. The summed E-state index contributed by atoms with van der Waals surface area (Å²) in [6.07, 6.45) is 44.1. The number of phosphoric ester groups is 1. The molecule has 0 spiro atoms. The van der Waals surface area contributed by atoms with Gasteiger partial charge in [0, 0.05) is 6.42 Å². The van der Waals surface area contributed by atoms with Crippen LogP contribution in [0.2, 0.25) is 0 Å². The minimum absolute atomic E-state index is 0.0137. The van der Waals surface area contributed by atoms with Crippen LogP contribution in [-0.4, -0.2) is 68.5 Å². The van der Waals surface area contributed by atoms with Crippen molar-refractivity contribution in [3.8, 4) is 0 Å². The summed E-state index contributed by atoms with van der Waals surface area (Å²) in [6.45, 7) is 4.54. The summed E-state index contributed by atoms with van der Waals surface area (Å²) in [6, 6.07) is -0.915. The lowest BCUT2D eigenvalue weighted by Gasteiger charge is -2.29. The van der Waals surface area contributed by atoms with Crippen LogP contribution < -0.4 is 10.2 Å². The highest BCUT2D eigenvalue weighted by molar-refractivity contribution is 7.45. The predicted octanol–water partition coefficient (Wildman–Crippen LogP) is 10.4. The molecule has 9 heteroatoms. The number of likely N-dealkylation sites (N-methyl/N-ethyl adjacent to an activating group) is 1. The third-order valence-corrected chi connectivity index (χ3v) is 9.69. The van der Waals surface area contributed by atoms with E-state index in [1.807, 2.05) is 27.2 Å². The number of carbonyl (C=O) groups excluding carboxylic acids is 1. The molecule has 0 aromatic rings. The van der Waals surface area contributed by atoms with Gasteiger partial charge in [0.05, 0.1) is 39.9 Å². The molecule has 0 aromatic heterocycles. The molecule has 1 unspecified atom stereocenters. The van der Waals surface area contributed by atoms with Crippen LogP contribution in [0, 0.1) is 0 Å². The molecule has 302 valence electrons. The monoisotopic (exact) mass is 751 g/mol. The number of carbonyl (C=O) groups is 1. The van der Waals surface area contributed by atoms with Crippen LogP contribution in [-0.2, 0) is 18.4 Å². The van der Waals surface area contributed by atoms with E-state index in [1.54, 1.807) is 6.08 Å². The fraction of sp³-hybridized carbons (Fsp3) is 0.744. The minimum Gasteiger partial charge on any atom is -0.756 e. The first-order valence-electron chi connectivity index (χ1n) is 20.7. The average molecular weight is 751 g/mol. The second-order valence-corrected chi connectivity index (χ2v) is 16.4. The van der Waals surface area contributed by atoms with Crippen molar-refractivity contribution in [1.82, 2.24) is 5.32 Å². The van der Waals surface area contributed by atoms with Crippen molar-refractivity contribution >= 4 is 13.7 Å². The van der Waals surface area contributed by atoms with E-state index in [9.17, 15) is 19.4 Å². The smallest absolute Gasteiger partial charge is 0.268 e. The molecule has 0 aliphatic carbocycles. The third kappa shape index (κ3) is 36.6. The Balaban J connectivity index is 4.61. The van der Waals surface area contributed by atoms with Crippen LogP contribution in [0.5, 0.6) is 0 Å². The second-order valence-electron chi connectivity index (χ2n) is 15.0. The van der Waals surface area contributed by atoms with E-state index in [4.69, 9.17) is 9.05 Å². The van der Waals surface area contributed by atoms with Gasteiger partial charge in [-0.2, -0.15) is 0 Å². The Hall–Kier alpha value is -1.80. The van der Waals surface area contributed by atoms with E-state index < -0.39 is 26.6 Å². The molecule has 0 rings (SSSR count). The van der Waals surface area contributed by atoms with Crippen molar-refractivity contribution in [2.75, 3.05) is 40.9 Å². The normalized spacial score (nSPS) is 15.1. The molecule has 0 fully saturated rings. The van der Waals surface area contributed by atoms with Crippen molar-refractivity contribution in [2.45, 2.75) is 167 Å². The molecule has 0 aromatic carbocycles. The van der Waals surface area contributed by atoms with Crippen LogP contribution in [0.4, 0.5) is 0 Å². The van der Waals surface area contributed by atoms with Crippen LogP contribution in [0.1, 0.15) is 155 Å². The van der Waals surface area contributed by atoms with Gasteiger partial charge in [0.25, 0.3) is 7.82 Å². The zero-order valence-electron chi connectivity index (χ0n) is 34.0. The van der Waals surface area contributed by atoms with Crippen molar-refractivity contribution in [1.29, 1.82) is 0 Å². The Morgan fingerprint density at radius 3 is 1.65 bits per heavy atom. The van der Waals surface area contributed by atoms with Gasteiger partial charge < -0.3 is 28.8 Å². The zero-order chi connectivity index (χ0) is 38.6. The second kappa shape index (κ2) is 34.9. The Morgan fingerprint density at radius 1 is 0.673 bits per heavy atom. The summed E-state index contributed by atoms with van der Waals surface area (Å²) in [5, 5.41) is 13.7. The van der Waals surface area contributed by atoms with Crippen LogP contribution in [0.15, 0.2) is 60.8 Å². The molecule has 8 nitrogen and oxygen atoms in total. The zero-order valence-corrected chi connectivity index (χ0v) is 34.9. The Kier molecular flexibility index (Phi) is 33.7. The summed E-state index contributed by atoms with van der Waals surface area (Å²) in [5.74, 6) is -0.256. The quantitative estimate of drug-likeness (QED) is 0.0286. The van der Waals surface area contributed by atoms with E-state index >= 15 is 0 Å². The number of aliphatic hydroxyl groups excluding tert-OH is 1. The van der Waals surface area contributed by atoms with Gasteiger partial charge >= 0.3 is 0 Å². The van der Waals surface area contributed by atoms with Gasteiger partial charge in [-0.05, 0) is 57.8 Å². The molecular weight excluding hydrogens is 671 g/mol. The highest BCUT2D eigenvalue weighted by Gasteiger charge is 2.23. The van der Waals surface area contributed by atoms with Crippen molar-refractivity contribution in [3.63, 3.8) is 0 Å². The Morgan fingerprint density at radius 2 is 1.12 bits per heavy atom. The van der Waals surface area contributed by atoms with E-state index in [0.29, 0.717) is 17.4 Å². The molecule has 0 bridgehead atoms. The highest BCUT2D eigenvalue weighted by Crippen LogP contribution is 2.38. The Labute approximate surface area is 320 Å². The maximum atomic E-state index is 12.8. The lowest BCUT2D eigenvalue weighted by molar-refractivity contribution is -0.870. The number of allylic oxidation sites excluding steroid dienone is 9. The van der Waals surface area contributed by atoms with Gasteiger partial charge in [-0.3, -0.25) is 9.36 Å². The standard InChI is InChI=1S/C43H79N2O6P/c1-6-8-10-12-14-16-18-20-21-22-23-25-27-29-31-33-35-37-43(47)44-41(40-51-52(48,49)50-39-38-45(3,4)5)42(46)36-34-32-30-28-26-24-19-17-15-13-11-9-7-2/h14,16,20-21,23,25,29,31,34,36,41-42,46H,6-13,15,17-19,22,24,26-28,30,32-33,35,37-40H2,1-5H3,(H-,44,47,48,49)/b16-14-,21-20-,25-23-,31-29-,36-34+/t41-,42+/m0/s1.